The summed E-state index contributed by atoms with van der Waals surface area (Å²) >= 11 is 0. The van der Waals surface area contributed by atoms with E-state index in [9.17, 15) is 14.0 Å². The number of amides is 2. The molecule has 4 unspecified atom stereocenters. The van der Waals surface area contributed by atoms with Crippen LogP contribution in [0, 0.1) is 23.6 Å². The largest absolute Gasteiger partial charge is 0.347 e. The fourth-order valence-corrected chi connectivity index (χ4v) is 3.75. The first-order chi connectivity index (χ1) is 10.5. The summed E-state index contributed by atoms with van der Waals surface area (Å²) in [6, 6.07) is 5.39. The van der Waals surface area contributed by atoms with Crippen molar-refractivity contribution in [3.8, 4) is 0 Å². The molecule has 1 aromatic carbocycles. The number of carbonyl (C=O) groups is 2. The zero-order valence-electron chi connectivity index (χ0n) is 12.6. The maximum Gasteiger partial charge on any atom is 0.243 e. The normalized spacial score (nSPS) is 28.1. The molecule has 2 aliphatic carbocycles. The van der Waals surface area contributed by atoms with Crippen LogP contribution in [0.2, 0.25) is 0 Å². The van der Waals surface area contributed by atoms with Gasteiger partial charge in [0, 0.05) is 11.7 Å². The molecule has 0 saturated heterocycles. The number of rotatable bonds is 4. The van der Waals surface area contributed by atoms with Crippen LogP contribution in [0.1, 0.15) is 19.3 Å². The maximum absolute atomic E-state index is 12.8. The predicted octanol–water partition coefficient (Wildman–Crippen LogP) is 1.68. The Bertz CT molecular complexity index is 579. The summed E-state index contributed by atoms with van der Waals surface area (Å²) in [4.78, 5) is 24.0. The number of nitrogens with two attached hydrogens (primary N) is 1. The van der Waals surface area contributed by atoms with E-state index in [1.54, 1.807) is 0 Å². The maximum atomic E-state index is 12.8. The Kier molecular flexibility index (Phi) is 5.59. The molecule has 0 aromatic heterocycles. The summed E-state index contributed by atoms with van der Waals surface area (Å²) in [7, 11) is 0. The third kappa shape index (κ3) is 3.82. The Balaban J connectivity index is 0.00000192. The van der Waals surface area contributed by atoms with Crippen LogP contribution >= 0.6 is 12.4 Å². The Morgan fingerprint density at radius 2 is 1.83 bits per heavy atom. The Morgan fingerprint density at radius 1 is 1.17 bits per heavy atom. The summed E-state index contributed by atoms with van der Waals surface area (Å²) in [5, 5.41) is 5.27. The first-order valence-corrected chi connectivity index (χ1v) is 7.63. The van der Waals surface area contributed by atoms with Crippen molar-refractivity contribution in [1.29, 1.82) is 0 Å². The lowest BCUT2D eigenvalue weighted by Gasteiger charge is -2.26. The average molecular weight is 342 g/mol. The third-order valence-electron chi connectivity index (χ3n) is 4.83. The number of halogens is 2. The highest BCUT2D eigenvalue weighted by atomic mass is 35.5. The first-order valence-electron chi connectivity index (χ1n) is 7.63. The van der Waals surface area contributed by atoms with Gasteiger partial charge in [-0.05, 0) is 55.4 Å². The van der Waals surface area contributed by atoms with E-state index in [1.165, 1.54) is 24.3 Å². The standard InChI is InChI=1S/C16H20FN3O2.ClH/c17-11-3-5-12(6-4-11)20-13(21)8-19-16(22)14-9-1-2-10(7-9)15(14)18;/h3-6,9-10,14-15H,1-2,7-8,18H2,(H,19,22)(H,20,21);1H. The van der Waals surface area contributed by atoms with Gasteiger partial charge in [0.15, 0.2) is 0 Å². The fraction of sp³-hybridized carbons (Fsp3) is 0.500. The molecule has 0 heterocycles. The van der Waals surface area contributed by atoms with Gasteiger partial charge in [0.1, 0.15) is 5.82 Å². The van der Waals surface area contributed by atoms with Gasteiger partial charge in [-0.25, -0.2) is 4.39 Å². The molecule has 23 heavy (non-hydrogen) atoms. The molecule has 2 amide bonds. The summed E-state index contributed by atoms with van der Waals surface area (Å²) in [6.45, 7) is -0.100. The molecule has 2 aliphatic rings. The molecule has 0 spiro atoms. The SMILES string of the molecule is Cl.NC1C2CCC(C2)C1C(=O)NCC(=O)Nc1ccc(F)cc1. The summed E-state index contributed by atoms with van der Waals surface area (Å²) in [6.07, 6.45) is 3.19. The third-order valence-corrected chi connectivity index (χ3v) is 4.83. The van der Waals surface area contributed by atoms with Crippen LogP contribution in [-0.2, 0) is 9.59 Å². The predicted molar refractivity (Wildman–Crippen MR) is 87.6 cm³/mol. The smallest absolute Gasteiger partial charge is 0.243 e. The molecule has 1 aromatic rings. The molecule has 0 aliphatic heterocycles. The van der Waals surface area contributed by atoms with Crippen molar-refractivity contribution in [1.82, 2.24) is 5.32 Å². The zero-order valence-corrected chi connectivity index (χ0v) is 13.4. The van der Waals surface area contributed by atoms with Crippen LogP contribution in [0.3, 0.4) is 0 Å². The first kappa shape index (κ1) is 17.7. The van der Waals surface area contributed by atoms with Crippen LogP contribution in [0.5, 0.6) is 0 Å². The fourth-order valence-electron chi connectivity index (χ4n) is 3.75. The number of hydrogen-bond acceptors (Lipinski definition) is 3. The average Bonchev–Trinajstić information content (AvgIpc) is 3.08. The topological polar surface area (TPSA) is 84.2 Å². The van der Waals surface area contributed by atoms with E-state index >= 15 is 0 Å². The van der Waals surface area contributed by atoms with E-state index in [2.05, 4.69) is 10.6 Å². The number of nitrogens with one attached hydrogen (secondary N) is 2. The molecule has 4 atom stereocenters. The summed E-state index contributed by atoms with van der Waals surface area (Å²) in [5.41, 5.74) is 6.61. The minimum atomic E-state index is -0.364. The zero-order chi connectivity index (χ0) is 15.7. The van der Waals surface area contributed by atoms with Crippen LogP contribution < -0.4 is 16.4 Å². The molecule has 2 saturated carbocycles. The van der Waals surface area contributed by atoms with Crippen LogP contribution in [0.15, 0.2) is 24.3 Å². The second kappa shape index (κ2) is 7.27. The highest BCUT2D eigenvalue weighted by Crippen LogP contribution is 2.47. The van der Waals surface area contributed by atoms with Gasteiger partial charge < -0.3 is 16.4 Å². The lowest BCUT2D eigenvalue weighted by molar-refractivity contribution is -0.129. The van der Waals surface area contributed by atoms with Crippen molar-refractivity contribution >= 4 is 29.9 Å². The van der Waals surface area contributed by atoms with Crippen molar-refractivity contribution in [2.75, 3.05) is 11.9 Å². The van der Waals surface area contributed by atoms with Gasteiger partial charge in [-0.15, -0.1) is 12.4 Å². The van der Waals surface area contributed by atoms with Gasteiger partial charge in [-0.2, -0.15) is 0 Å². The molecular weight excluding hydrogens is 321 g/mol. The van der Waals surface area contributed by atoms with E-state index in [4.69, 9.17) is 5.73 Å². The molecular formula is C16H21ClFN3O2. The Labute approximate surface area is 140 Å². The minimum Gasteiger partial charge on any atom is -0.347 e. The van der Waals surface area contributed by atoms with Gasteiger partial charge in [0.2, 0.25) is 11.8 Å². The van der Waals surface area contributed by atoms with E-state index in [-0.39, 0.29) is 48.5 Å². The molecule has 5 nitrogen and oxygen atoms in total. The molecule has 4 N–H and O–H groups in total. The lowest BCUT2D eigenvalue weighted by atomic mass is 9.84. The van der Waals surface area contributed by atoms with Gasteiger partial charge >= 0.3 is 0 Å². The summed E-state index contributed by atoms with van der Waals surface area (Å²) < 4.78 is 12.8. The van der Waals surface area contributed by atoms with Crippen molar-refractivity contribution < 1.29 is 14.0 Å². The van der Waals surface area contributed by atoms with Gasteiger partial charge in [-0.3, -0.25) is 9.59 Å². The van der Waals surface area contributed by atoms with Gasteiger partial charge in [0.25, 0.3) is 0 Å². The molecule has 126 valence electrons. The van der Waals surface area contributed by atoms with E-state index < -0.39 is 0 Å². The van der Waals surface area contributed by atoms with Crippen LogP contribution in [0.25, 0.3) is 0 Å². The van der Waals surface area contributed by atoms with Crippen LogP contribution in [0.4, 0.5) is 10.1 Å². The molecule has 2 fully saturated rings. The monoisotopic (exact) mass is 341 g/mol. The van der Waals surface area contributed by atoms with Crippen LogP contribution in [-0.4, -0.2) is 24.4 Å². The van der Waals surface area contributed by atoms with Crippen molar-refractivity contribution in [2.24, 2.45) is 23.5 Å². The number of carbonyl (C=O) groups excluding carboxylic acids is 2. The van der Waals surface area contributed by atoms with Gasteiger partial charge in [-0.1, -0.05) is 0 Å². The number of benzene rings is 1. The van der Waals surface area contributed by atoms with Crippen molar-refractivity contribution in [3.63, 3.8) is 0 Å². The van der Waals surface area contributed by atoms with E-state index in [0.29, 0.717) is 17.5 Å². The van der Waals surface area contributed by atoms with Gasteiger partial charge in [0.05, 0.1) is 12.5 Å². The Hall–Kier alpha value is -1.66. The highest BCUT2D eigenvalue weighted by molar-refractivity contribution is 5.95. The molecule has 0 radical (unpaired) electrons. The highest BCUT2D eigenvalue weighted by Gasteiger charge is 2.48. The second-order valence-corrected chi connectivity index (χ2v) is 6.21. The number of anilines is 1. The quantitative estimate of drug-likeness (QED) is 0.779. The number of fused-ring (bicyclic) bond motifs is 2. The Morgan fingerprint density at radius 3 is 2.43 bits per heavy atom. The molecule has 3 rings (SSSR count). The van der Waals surface area contributed by atoms with Crippen molar-refractivity contribution in [3.05, 3.63) is 30.1 Å². The minimum absolute atomic E-state index is 0. The number of hydrogen-bond donors (Lipinski definition) is 3. The summed E-state index contributed by atoms with van der Waals surface area (Å²) in [5.74, 6) is -0.187. The lowest BCUT2D eigenvalue weighted by Crippen LogP contribution is -2.46. The van der Waals surface area contributed by atoms with Crippen molar-refractivity contribution in [2.45, 2.75) is 25.3 Å². The molecule has 7 heteroatoms. The van der Waals surface area contributed by atoms with E-state index in [1.807, 2.05) is 0 Å². The second-order valence-electron chi connectivity index (χ2n) is 6.21. The van der Waals surface area contributed by atoms with E-state index in [0.717, 1.165) is 19.3 Å². The molecule has 2 bridgehead atoms.